The molecule has 0 radical (unpaired) electrons. The normalized spacial score (nSPS) is 15.1. The molecule has 5 heteroatoms. The van der Waals surface area contributed by atoms with Crippen molar-refractivity contribution < 1.29 is 4.92 Å². The minimum atomic E-state index is -0.367. The van der Waals surface area contributed by atoms with Gasteiger partial charge in [-0.3, -0.25) is 10.1 Å². The summed E-state index contributed by atoms with van der Waals surface area (Å²) in [7, 11) is 0. The number of hydrogen-bond acceptors (Lipinski definition) is 3. The lowest BCUT2D eigenvalue weighted by atomic mass is 10.2. The molecule has 4 nitrogen and oxygen atoms in total. The first-order valence-electron chi connectivity index (χ1n) is 5.30. The molecule has 0 unspecified atom stereocenters. The fourth-order valence-corrected chi connectivity index (χ4v) is 1.94. The maximum Gasteiger partial charge on any atom is 0.283 e. The van der Waals surface area contributed by atoms with E-state index in [0.29, 0.717) is 11.0 Å². The molecule has 1 aromatic carbocycles. The van der Waals surface area contributed by atoms with Gasteiger partial charge in [-0.25, -0.2) is 0 Å². The van der Waals surface area contributed by atoms with Gasteiger partial charge in [0, 0.05) is 12.6 Å². The van der Waals surface area contributed by atoms with Crippen LogP contribution in [-0.2, 0) is 6.54 Å². The number of nitro groups is 1. The van der Waals surface area contributed by atoms with Crippen molar-refractivity contribution in [2.24, 2.45) is 5.92 Å². The maximum absolute atomic E-state index is 10.7. The van der Waals surface area contributed by atoms with E-state index < -0.39 is 0 Å². The van der Waals surface area contributed by atoms with Crippen molar-refractivity contribution in [3.63, 3.8) is 0 Å². The molecule has 1 fully saturated rings. The van der Waals surface area contributed by atoms with Crippen LogP contribution in [0.4, 0.5) is 5.69 Å². The lowest BCUT2D eigenvalue weighted by Crippen LogP contribution is -2.16. The van der Waals surface area contributed by atoms with Gasteiger partial charge in [-0.2, -0.15) is 0 Å². The molecule has 1 aliphatic rings. The van der Waals surface area contributed by atoms with Crippen molar-refractivity contribution in [2.75, 3.05) is 6.54 Å². The van der Waals surface area contributed by atoms with E-state index in [1.807, 2.05) is 6.07 Å². The first-order chi connectivity index (χ1) is 7.66. The van der Waals surface area contributed by atoms with Crippen molar-refractivity contribution in [2.45, 2.75) is 19.4 Å². The summed E-state index contributed by atoms with van der Waals surface area (Å²) in [6.07, 6.45) is 2.63. The topological polar surface area (TPSA) is 55.2 Å². The highest BCUT2D eigenvalue weighted by Gasteiger charge is 2.20. The maximum atomic E-state index is 10.7. The molecule has 1 aliphatic carbocycles. The summed E-state index contributed by atoms with van der Waals surface area (Å²) >= 11 is 3.17. The largest absolute Gasteiger partial charge is 0.312 e. The summed E-state index contributed by atoms with van der Waals surface area (Å²) in [4.78, 5) is 10.4. The van der Waals surface area contributed by atoms with Gasteiger partial charge in [0.15, 0.2) is 0 Å². The fraction of sp³-hybridized carbons (Fsp3) is 0.455. The molecule has 0 amide bonds. The van der Waals surface area contributed by atoms with Crippen molar-refractivity contribution in [1.29, 1.82) is 0 Å². The van der Waals surface area contributed by atoms with Crippen LogP contribution in [0, 0.1) is 16.0 Å². The van der Waals surface area contributed by atoms with Gasteiger partial charge in [-0.1, -0.05) is 6.07 Å². The summed E-state index contributed by atoms with van der Waals surface area (Å²) in [5, 5.41) is 14.0. The first kappa shape index (κ1) is 11.5. The molecular weight excluding hydrogens is 272 g/mol. The summed E-state index contributed by atoms with van der Waals surface area (Å²) in [6.45, 7) is 1.72. The second-order valence-corrected chi connectivity index (χ2v) is 4.97. The Morgan fingerprint density at radius 3 is 2.88 bits per heavy atom. The Labute approximate surface area is 102 Å². The predicted molar refractivity (Wildman–Crippen MR) is 65.2 cm³/mol. The summed E-state index contributed by atoms with van der Waals surface area (Å²) in [6, 6.07) is 5.24. The molecule has 0 atom stereocenters. The van der Waals surface area contributed by atoms with Gasteiger partial charge >= 0.3 is 0 Å². The van der Waals surface area contributed by atoms with E-state index in [9.17, 15) is 10.1 Å². The molecule has 86 valence electrons. The molecular formula is C11H13BrN2O2. The Balaban J connectivity index is 1.97. The average molecular weight is 285 g/mol. The number of nitrogens with zero attached hydrogens (tertiary/aromatic N) is 1. The van der Waals surface area contributed by atoms with Crippen molar-refractivity contribution in [3.05, 3.63) is 38.3 Å². The number of nitrogens with one attached hydrogen (secondary N) is 1. The van der Waals surface area contributed by atoms with E-state index in [-0.39, 0.29) is 10.6 Å². The van der Waals surface area contributed by atoms with E-state index in [4.69, 9.17) is 0 Å². The van der Waals surface area contributed by atoms with Crippen molar-refractivity contribution in [3.8, 4) is 0 Å². The van der Waals surface area contributed by atoms with Crippen LogP contribution in [0.5, 0.6) is 0 Å². The highest BCUT2D eigenvalue weighted by molar-refractivity contribution is 9.10. The fourth-order valence-electron chi connectivity index (χ4n) is 1.55. The van der Waals surface area contributed by atoms with E-state index >= 15 is 0 Å². The highest BCUT2D eigenvalue weighted by Crippen LogP contribution is 2.28. The predicted octanol–water partition coefficient (Wildman–Crippen LogP) is 2.86. The molecule has 0 heterocycles. The van der Waals surface area contributed by atoms with E-state index in [2.05, 4.69) is 21.2 Å². The highest BCUT2D eigenvalue weighted by atomic mass is 79.9. The number of benzene rings is 1. The third-order valence-electron chi connectivity index (χ3n) is 2.67. The second-order valence-electron chi connectivity index (χ2n) is 4.12. The van der Waals surface area contributed by atoms with Crippen LogP contribution in [0.15, 0.2) is 22.7 Å². The third-order valence-corrected chi connectivity index (χ3v) is 3.34. The Bertz CT molecular complexity index is 405. The monoisotopic (exact) mass is 284 g/mol. The second kappa shape index (κ2) is 4.93. The number of halogens is 1. The van der Waals surface area contributed by atoms with E-state index in [1.165, 1.54) is 12.8 Å². The lowest BCUT2D eigenvalue weighted by molar-refractivity contribution is -0.385. The SMILES string of the molecule is O=[N+]([O-])c1cc(CNCC2CC2)ccc1Br. The van der Waals surface area contributed by atoms with Gasteiger partial charge in [0.05, 0.1) is 9.40 Å². The molecule has 2 rings (SSSR count). The van der Waals surface area contributed by atoms with Crippen LogP contribution in [0.3, 0.4) is 0 Å². The van der Waals surface area contributed by atoms with Crippen LogP contribution in [-0.4, -0.2) is 11.5 Å². The number of hydrogen-bond donors (Lipinski definition) is 1. The van der Waals surface area contributed by atoms with Crippen LogP contribution >= 0.6 is 15.9 Å². The Morgan fingerprint density at radius 1 is 1.50 bits per heavy atom. The van der Waals surface area contributed by atoms with E-state index in [0.717, 1.165) is 18.0 Å². The van der Waals surface area contributed by atoms with Gasteiger partial charge in [0.1, 0.15) is 0 Å². The molecule has 0 spiro atoms. The lowest BCUT2D eigenvalue weighted by Gasteiger charge is -2.04. The smallest absolute Gasteiger partial charge is 0.283 e. The summed E-state index contributed by atoms with van der Waals surface area (Å²) in [5.41, 5.74) is 1.08. The van der Waals surface area contributed by atoms with Gasteiger partial charge in [-0.05, 0) is 52.9 Å². The zero-order valence-corrected chi connectivity index (χ0v) is 10.4. The van der Waals surface area contributed by atoms with Crippen LogP contribution in [0.25, 0.3) is 0 Å². The van der Waals surface area contributed by atoms with Gasteiger partial charge in [0.2, 0.25) is 0 Å². The van der Waals surface area contributed by atoms with Crippen LogP contribution in [0.1, 0.15) is 18.4 Å². The van der Waals surface area contributed by atoms with Gasteiger partial charge in [-0.15, -0.1) is 0 Å². The standard InChI is InChI=1S/C11H13BrN2O2/c12-10-4-3-9(5-11(10)14(15)16)7-13-6-8-1-2-8/h3-5,8,13H,1-2,6-7H2. The van der Waals surface area contributed by atoms with Gasteiger partial charge in [0.25, 0.3) is 5.69 Å². The summed E-state index contributed by atoms with van der Waals surface area (Å²) in [5.74, 6) is 0.824. The van der Waals surface area contributed by atoms with E-state index in [1.54, 1.807) is 12.1 Å². The molecule has 0 aromatic heterocycles. The van der Waals surface area contributed by atoms with Crippen LogP contribution < -0.4 is 5.32 Å². The molecule has 0 saturated heterocycles. The molecule has 1 saturated carbocycles. The van der Waals surface area contributed by atoms with Gasteiger partial charge < -0.3 is 5.32 Å². The molecule has 0 bridgehead atoms. The third kappa shape index (κ3) is 3.02. The average Bonchev–Trinajstić information content (AvgIpc) is 3.04. The molecule has 1 aromatic rings. The molecule has 1 N–H and O–H groups in total. The number of nitro benzene ring substituents is 1. The van der Waals surface area contributed by atoms with Crippen molar-refractivity contribution in [1.82, 2.24) is 5.32 Å². The Morgan fingerprint density at radius 2 is 2.25 bits per heavy atom. The van der Waals surface area contributed by atoms with Crippen molar-refractivity contribution >= 4 is 21.6 Å². The zero-order valence-electron chi connectivity index (χ0n) is 8.78. The first-order valence-corrected chi connectivity index (χ1v) is 6.09. The Hall–Kier alpha value is -0.940. The molecule has 0 aliphatic heterocycles. The molecule has 16 heavy (non-hydrogen) atoms. The minimum absolute atomic E-state index is 0.130. The number of rotatable bonds is 5. The van der Waals surface area contributed by atoms with Crippen LogP contribution in [0.2, 0.25) is 0 Å². The quantitative estimate of drug-likeness (QED) is 0.668. The minimum Gasteiger partial charge on any atom is -0.312 e. The Kier molecular flexibility index (Phi) is 3.56. The zero-order chi connectivity index (χ0) is 11.5. The summed E-state index contributed by atoms with van der Waals surface area (Å²) < 4.78 is 0.531.